The third-order valence-corrected chi connectivity index (χ3v) is 6.62. The molecule has 5 nitrogen and oxygen atoms in total. The molecular formula is C30H33N3O2. The molecule has 0 radical (unpaired) electrons. The number of hydrogen-bond acceptors (Lipinski definition) is 3. The second-order valence-corrected chi connectivity index (χ2v) is 9.28. The number of carbonyl (C=O) groups is 1. The highest BCUT2D eigenvalue weighted by Crippen LogP contribution is 2.36. The van der Waals surface area contributed by atoms with Gasteiger partial charge in [-0.15, -0.1) is 0 Å². The second kappa shape index (κ2) is 10.7. The van der Waals surface area contributed by atoms with Gasteiger partial charge in [-0.3, -0.25) is 4.99 Å². The van der Waals surface area contributed by atoms with E-state index in [1.165, 1.54) is 16.7 Å². The summed E-state index contributed by atoms with van der Waals surface area (Å²) in [5.41, 5.74) is 4.99. The van der Waals surface area contributed by atoms with Crippen molar-refractivity contribution in [3.05, 3.63) is 119 Å². The van der Waals surface area contributed by atoms with Gasteiger partial charge in [0.1, 0.15) is 5.84 Å². The Kier molecular flexibility index (Phi) is 7.47. The molecule has 0 saturated heterocycles. The maximum absolute atomic E-state index is 11.2. The van der Waals surface area contributed by atoms with Crippen LogP contribution < -0.4 is 5.32 Å². The van der Waals surface area contributed by atoms with Crippen molar-refractivity contribution in [3.63, 3.8) is 0 Å². The number of hydrogen-bond donors (Lipinski definition) is 2. The topological polar surface area (TPSA) is 66.6 Å². The average Bonchev–Trinajstić information content (AvgIpc) is 3.37. The summed E-state index contributed by atoms with van der Waals surface area (Å²) in [5, 5.41) is 12.9. The SMILES string of the molecule is CCC(=NCc1ccc(C2C=C(C)C=CC2(C)NCc2ccccc2)cc1)n1ccc(C(=O)O)c1. The van der Waals surface area contributed by atoms with Crippen molar-refractivity contribution in [2.45, 2.75) is 51.7 Å². The lowest BCUT2D eigenvalue weighted by molar-refractivity contribution is 0.0697. The molecule has 0 spiro atoms. The van der Waals surface area contributed by atoms with Gasteiger partial charge in [-0.2, -0.15) is 0 Å². The number of carboxylic acid groups (broad SMARTS) is 1. The van der Waals surface area contributed by atoms with Gasteiger partial charge in [0.25, 0.3) is 0 Å². The molecule has 5 heteroatoms. The van der Waals surface area contributed by atoms with Crippen molar-refractivity contribution < 1.29 is 9.90 Å². The second-order valence-electron chi connectivity index (χ2n) is 9.28. The van der Waals surface area contributed by atoms with E-state index in [0.717, 1.165) is 24.4 Å². The Bertz CT molecular complexity index is 1250. The molecule has 0 aliphatic heterocycles. The van der Waals surface area contributed by atoms with Crippen LogP contribution >= 0.6 is 0 Å². The van der Waals surface area contributed by atoms with E-state index in [4.69, 9.17) is 4.99 Å². The largest absolute Gasteiger partial charge is 0.478 e. The van der Waals surface area contributed by atoms with Crippen LogP contribution in [0.5, 0.6) is 0 Å². The molecule has 4 rings (SSSR count). The molecule has 1 aromatic heterocycles. The van der Waals surface area contributed by atoms with Gasteiger partial charge in [0.05, 0.1) is 12.1 Å². The van der Waals surface area contributed by atoms with Gasteiger partial charge in [0, 0.05) is 36.8 Å². The fraction of sp³-hybridized carbons (Fsp3) is 0.267. The van der Waals surface area contributed by atoms with Crippen LogP contribution in [0, 0.1) is 0 Å². The summed E-state index contributed by atoms with van der Waals surface area (Å²) in [6, 6.07) is 20.8. The minimum Gasteiger partial charge on any atom is -0.478 e. The highest BCUT2D eigenvalue weighted by atomic mass is 16.4. The number of allylic oxidation sites excluding steroid dienone is 2. The first-order chi connectivity index (χ1) is 16.9. The van der Waals surface area contributed by atoms with Gasteiger partial charge < -0.3 is 15.0 Å². The molecule has 3 aromatic rings. The number of nitrogens with zero attached hydrogens (tertiary/aromatic N) is 2. The lowest BCUT2D eigenvalue weighted by atomic mass is 9.76. The summed E-state index contributed by atoms with van der Waals surface area (Å²) in [5.74, 6) is 0.131. The van der Waals surface area contributed by atoms with E-state index in [-0.39, 0.29) is 17.0 Å². The summed E-state index contributed by atoms with van der Waals surface area (Å²) in [6.07, 6.45) is 10.9. The fourth-order valence-corrected chi connectivity index (χ4v) is 4.47. The van der Waals surface area contributed by atoms with Gasteiger partial charge in [0.15, 0.2) is 0 Å². The Labute approximate surface area is 207 Å². The number of aromatic carboxylic acids is 1. The average molecular weight is 468 g/mol. The highest BCUT2D eigenvalue weighted by Gasteiger charge is 2.33. The summed E-state index contributed by atoms with van der Waals surface area (Å²) in [4.78, 5) is 15.9. The lowest BCUT2D eigenvalue weighted by Crippen LogP contribution is -2.46. The van der Waals surface area contributed by atoms with Gasteiger partial charge in [-0.05, 0) is 36.6 Å². The van der Waals surface area contributed by atoms with Crippen molar-refractivity contribution in [3.8, 4) is 0 Å². The molecule has 0 saturated carbocycles. The van der Waals surface area contributed by atoms with Crippen molar-refractivity contribution in [1.82, 2.24) is 9.88 Å². The first-order valence-corrected chi connectivity index (χ1v) is 12.1. The minimum atomic E-state index is -0.929. The molecule has 1 heterocycles. The Morgan fingerprint density at radius 3 is 2.49 bits per heavy atom. The zero-order valence-electron chi connectivity index (χ0n) is 20.6. The first-order valence-electron chi connectivity index (χ1n) is 12.1. The van der Waals surface area contributed by atoms with Crippen LogP contribution in [0.2, 0.25) is 0 Å². The predicted molar refractivity (Wildman–Crippen MR) is 142 cm³/mol. The molecule has 1 aliphatic rings. The van der Waals surface area contributed by atoms with Crippen LogP contribution in [0.25, 0.3) is 0 Å². The number of aliphatic imine (C=N–C) groups is 1. The number of nitrogens with one attached hydrogen (secondary N) is 1. The normalized spacial score (nSPS) is 20.0. The van der Waals surface area contributed by atoms with E-state index in [0.29, 0.717) is 6.54 Å². The van der Waals surface area contributed by atoms with Crippen LogP contribution in [-0.4, -0.2) is 27.0 Å². The highest BCUT2D eigenvalue weighted by molar-refractivity contribution is 5.90. The number of carboxylic acids is 1. The maximum atomic E-state index is 11.2. The first kappa shape index (κ1) is 24.4. The Balaban J connectivity index is 1.49. The molecule has 2 atom stereocenters. The van der Waals surface area contributed by atoms with E-state index >= 15 is 0 Å². The Hall–Kier alpha value is -3.70. The Morgan fingerprint density at radius 2 is 1.83 bits per heavy atom. The zero-order valence-corrected chi connectivity index (χ0v) is 20.6. The molecule has 2 unspecified atom stereocenters. The maximum Gasteiger partial charge on any atom is 0.337 e. The zero-order chi connectivity index (χ0) is 24.8. The standard InChI is InChI=1S/C30H33N3O2/c1-4-28(33-17-15-26(21-33)29(34)35)31-19-24-10-12-25(13-11-24)27-18-22(2)14-16-30(27,3)32-20-23-8-6-5-7-9-23/h5-18,21,27,32H,4,19-20H2,1-3H3,(H,34,35). The van der Waals surface area contributed by atoms with Crippen LogP contribution in [0.15, 0.2) is 102 Å². The van der Waals surface area contributed by atoms with Gasteiger partial charge in [0.2, 0.25) is 0 Å². The van der Waals surface area contributed by atoms with E-state index in [2.05, 4.69) is 85.9 Å². The van der Waals surface area contributed by atoms with Gasteiger partial charge >= 0.3 is 5.97 Å². The summed E-state index contributed by atoms with van der Waals surface area (Å²) in [6.45, 7) is 7.78. The molecule has 35 heavy (non-hydrogen) atoms. The van der Waals surface area contributed by atoms with Crippen LogP contribution in [0.3, 0.4) is 0 Å². The van der Waals surface area contributed by atoms with Crippen molar-refractivity contribution in [2.24, 2.45) is 4.99 Å². The molecule has 0 bridgehead atoms. The van der Waals surface area contributed by atoms with Crippen molar-refractivity contribution in [2.75, 3.05) is 0 Å². The number of aromatic nitrogens is 1. The molecule has 2 aromatic carbocycles. The minimum absolute atomic E-state index is 0.194. The van der Waals surface area contributed by atoms with Crippen molar-refractivity contribution in [1.29, 1.82) is 0 Å². The quantitative estimate of drug-likeness (QED) is 0.307. The van der Waals surface area contributed by atoms with E-state index in [1.54, 1.807) is 23.0 Å². The van der Waals surface area contributed by atoms with E-state index < -0.39 is 5.97 Å². The number of benzene rings is 2. The van der Waals surface area contributed by atoms with Gasteiger partial charge in [-0.1, -0.05) is 85.3 Å². The summed E-state index contributed by atoms with van der Waals surface area (Å²) < 4.78 is 1.80. The fourth-order valence-electron chi connectivity index (χ4n) is 4.47. The molecule has 0 amide bonds. The predicted octanol–water partition coefficient (Wildman–Crippen LogP) is 6.19. The number of rotatable bonds is 8. The lowest BCUT2D eigenvalue weighted by Gasteiger charge is -2.38. The van der Waals surface area contributed by atoms with Crippen LogP contribution in [0.4, 0.5) is 0 Å². The van der Waals surface area contributed by atoms with Gasteiger partial charge in [-0.25, -0.2) is 4.79 Å². The molecule has 1 aliphatic carbocycles. The van der Waals surface area contributed by atoms with Crippen LogP contribution in [-0.2, 0) is 13.1 Å². The smallest absolute Gasteiger partial charge is 0.337 e. The molecule has 0 fully saturated rings. The monoisotopic (exact) mass is 467 g/mol. The van der Waals surface area contributed by atoms with E-state index in [1.807, 2.05) is 13.0 Å². The van der Waals surface area contributed by atoms with Crippen LogP contribution in [0.1, 0.15) is 60.2 Å². The summed E-state index contributed by atoms with van der Waals surface area (Å²) in [7, 11) is 0. The molecule has 180 valence electrons. The van der Waals surface area contributed by atoms with Crippen molar-refractivity contribution >= 4 is 11.8 Å². The Morgan fingerprint density at radius 1 is 1.09 bits per heavy atom. The third-order valence-electron chi connectivity index (χ3n) is 6.62. The molecular weight excluding hydrogens is 434 g/mol. The van der Waals surface area contributed by atoms with E-state index in [9.17, 15) is 9.90 Å². The third kappa shape index (κ3) is 5.87. The summed E-state index contributed by atoms with van der Waals surface area (Å²) >= 11 is 0. The molecule has 2 N–H and O–H groups in total.